The molecule has 1 nitrogen and oxygen atoms in total. The van der Waals surface area contributed by atoms with Gasteiger partial charge < -0.3 is 0 Å². The standard InChI is InChI=1S/C12H16BrCl2N/c1-2-16(7-3-6-13)9-10-4-5-11(14)12(15)8-10/h4-5,8H,2-3,6-7,9H2,1H3. The lowest BCUT2D eigenvalue weighted by Gasteiger charge is -2.20. The zero-order valence-electron chi connectivity index (χ0n) is 9.35. The van der Waals surface area contributed by atoms with Crippen molar-refractivity contribution in [3.05, 3.63) is 33.8 Å². The number of rotatable bonds is 6. The molecule has 0 saturated heterocycles. The average molecular weight is 325 g/mol. The lowest BCUT2D eigenvalue weighted by Crippen LogP contribution is -2.24. The predicted molar refractivity (Wildman–Crippen MR) is 75.8 cm³/mol. The third-order valence-corrected chi connectivity index (χ3v) is 3.75. The predicted octanol–water partition coefficient (Wildman–Crippen LogP) is 4.60. The van der Waals surface area contributed by atoms with Crippen molar-refractivity contribution in [1.82, 2.24) is 4.90 Å². The highest BCUT2D eigenvalue weighted by Gasteiger charge is 2.05. The molecule has 90 valence electrons. The Morgan fingerprint density at radius 3 is 2.56 bits per heavy atom. The van der Waals surface area contributed by atoms with Crippen molar-refractivity contribution in [2.75, 3.05) is 18.4 Å². The molecule has 0 heterocycles. The Kier molecular flexibility index (Phi) is 6.74. The summed E-state index contributed by atoms with van der Waals surface area (Å²) in [6.45, 7) is 5.25. The zero-order valence-corrected chi connectivity index (χ0v) is 12.4. The molecule has 1 rings (SSSR count). The summed E-state index contributed by atoms with van der Waals surface area (Å²) in [5.74, 6) is 0. The number of hydrogen-bond acceptors (Lipinski definition) is 1. The van der Waals surface area contributed by atoms with Crippen molar-refractivity contribution in [3.63, 3.8) is 0 Å². The second-order valence-corrected chi connectivity index (χ2v) is 5.27. The van der Waals surface area contributed by atoms with Crippen LogP contribution in [0.25, 0.3) is 0 Å². The molecule has 1 aromatic rings. The van der Waals surface area contributed by atoms with Crippen LogP contribution in [0.5, 0.6) is 0 Å². The molecule has 1 aromatic carbocycles. The van der Waals surface area contributed by atoms with E-state index in [1.807, 2.05) is 18.2 Å². The minimum Gasteiger partial charge on any atom is -0.299 e. The van der Waals surface area contributed by atoms with Gasteiger partial charge in [0.2, 0.25) is 0 Å². The van der Waals surface area contributed by atoms with Crippen LogP contribution in [0.2, 0.25) is 10.0 Å². The summed E-state index contributed by atoms with van der Waals surface area (Å²) >= 11 is 15.3. The van der Waals surface area contributed by atoms with E-state index in [1.54, 1.807) is 0 Å². The van der Waals surface area contributed by atoms with Gasteiger partial charge in [-0.2, -0.15) is 0 Å². The first kappa shape index (κ1) is 14.3. The van der Waals surface area contributed by atoms with E-state index < -0.39 is 0 Å². The fourth-order valence-electron chi connectivity index (χ4n) is 1.53. The third-order valence-electron chi connectivity index (χ3n) is 2.45. The minimum absolute atomic E-state index is 0.619. The third kappa shape index (κ3) is 4.62. The lowest BCUT2D eigenvalue weighted by molar-refractivity contribution is 0.282. The molecule has 16 heavy (non-hydrogen) atoms. The summed E-state index contributed by atoms with van der Waals surface area (Å²) in [5, 5.41) is 2.30. The summed E-state index contributed by atoms with van der Waals surface area (Å²) < 4.78 is 0. The maximum Gasteiger partial charge on any atom is 0.0595 e. The minimum atomic E-state index is 0.619. The molecule has 0 aliphatic heterocycles. The SMILES string of the molecule is CCN(CCCBr)Cc1ccc(Cl)c(Cl)c1. The number of benzene rings is 1. The fourth-order valence-corrected chi connectivity index (χ4v) is 2.10. The van der Waals surface area contributed by atoms with Crippen LogP contribution in [0.1, 0.15) is 18.9 Å². The van der Waals surface area contributed by atoms with E-state index in [0.717, 1.165) is 31.4 Å². The largest absolute Gasteiger partial charge is 0.299 e. The van der Waals surface area contributed by atoms with E-state index in [0.29, 0.717) is 10.0 Å². The van der Waals surface area contributed by atoms with Crippen molar-refractivity contribution in [2.24, 2.45) is 0 Å². The first-order chi connectivity index (χ1) is 7.67. The van der Waals surface area contributed by atoms with Crippen LogP contribution in [0.4, 0.5) is 0 Å². The number of halogens is 3. The molecule has 0 spiro atoms. The number of nitrogens with zero attached hydrogens (tertiary/aromatic N) is 1. The highest BCUT2D eigenvalue weighted by Crippen LogP contribution is 2.23. The lowest BCUT2D eigenvalue weighted by atomic mass is 10.2. The monoisotopic (exact) mass is 323 g/mol. The van der Waals surface area contributed by atoms with Gasteiger partial charge in [-0.3, -0.25) is 4.90 Å². The molecule has 0 bridgehead atoms. The van der Waals surface area contributed by atoms with Gasteiger partial charge in [-0.25, -0.2) is 0 Å². The van der Waals surface area contributed by atoms with Crippen molar-refractivity contribution in [2.45, 2.75) is 19.9 Å². The molecule has 4 heteroatoms. The molecule has 0 aliphatic rings. The molecule has 0 atom stereocenters. The van der Waals surface area contributed by atoms with Gasteiger partial charge in [-0.1, -0.05) is 52.1 Å². The summed E-state index contributed by atoms with van der Waals surface area (Å²) in [4.78, 5) is 2.39. The van der Waals surface area contributed by atoms with Crippen molar-refractivity contribution >= 4 is 39.1 Å². The molecule has 0 saturated carbocycles. The quantitative estimate of drug-likeness (QED) is 0.691. The number of hydrogen-bond donors (Lipinski definition) is 0. The first-order valence-electron chi connectivity index (χ1n) is 5.39. The molecule has 0 radical (unpaired) electrons. The first-order valence-corrected chi connectivity index (χ1v) is 7.27. The maximum atomic E-state index is 5.99. The van der Waals surface area contributed by atoms with Crippen LogP contribution in [-0.4, -0.2) is 23.3 Å². The van der Waals surface area contributed by atoms with Gasteiger partial charge in [0, 0.05) is 11.9 Å². The van der Waals surface area contributed by atoms with E-state index in [2.05, 4.69) is 27.8 Å². The van der Waals surface area contributed by atoms with E-state index in [9.17, 15) is 0 Å². The Balaban J connectivity index is 2.59. The molecule has 0 unspecified atom stereocenters. The summed E-state index contributed by atoms with van der Waals surface area (Å²) in [6.07, 6.45) is 1.16. The summed E-state index contributed by atoms with van der Waals surface area (Å²) in [7, 11) is 0. The van der Waals surface area contributed by atoms with Crippen LogP contribution in [0, 0.1) is 0 Å². The summed E-state index contributed by atoms with van der Waals surface area (Å²) in [6, 6.07) is 5.84. The Hall–Kier alpha value is 0.240. The van der Waals surface area contributed by atoms with E-state index >= 15 is 0 Å². The van der Waals surface area contributed by atoms with Gasteiger partial charge in [-0.05, 0) is 37.2 Å². The molecule has 0 fully saturated rings. The average Bonchev–Trinajstić information content (AvgIpc) is 2.29. The smallest absolute Gasteiger partial charge is 0.0595 e. The van der Waals surface area contributed by atoms with E-state index in [4.69, 9.17) is 23.2 Å². The van der Waals surface area contributed by atoms with Gasteiger partial charge in [0.15, 0.2) is 0 Å². The van der Waals surface area contributed by atoms with Gasteiger partial charge in [0.25, 0.3) is 0 Å². The van der Waals surface area contributed by atoms with Gasteiger partial charge >= 0.3 is 0 Å². The zero-order chi connectivity index (χ0) is 12.0. The van der Waals surface area contributed by atoms with Crippen LogP contribution >= 0.6 is 39.1 Å². The Morgan fingerprint density at radius 1 is 1.25 bits per heavy atom. The Bertz CT molecular complexity index is 331. The molecular formula is C12H16BrCl2N. The number of alkyl halides is 1. The van der Waals surface area contributed by atoms with Crippen molar-refractivity contribution in [1.29, 1.82) is 0 Å². The highest BCUT2D eigenvalue weighted by atomic mass is 79.9. The van der Waals surface area contributed by atoms with Gasteiger partial charge in [0.05, 0.1) is 10.0 Å². The highest BCUT2D eigenvalue weighted by molar-refractivity contribution is 9.09. The van der Waals surface area contributed by atoms with Gasteiger partial charge in [-0.15, -0.1) is 0 Å². The van der Waals surface area contributed by atoms with Crippen LogP contribution < -0.4 is 0 Å². The second kappa shape index (κ2) is 7.54. The normalized spacial score (nSPS) is 11.1. The van der Waals surface area contributed by atoms with E-state index in [1.165, 1.54) is 5.56 Å². The van der Waals surface area contributed by atoms with Gasteiger partial charge in [0.1, 0.15) is 0 Å². The Labute approximate surface area is 116 Å². The summed E-state index contributed by atoms with van der Waals surface area (Å²) in [5.41, 5.74) is 1.21. The Morgan fingerprint density at radius 2 is 2.00 bits per heavy atom. The molecule has 0 aromatic heterocycles. The van der Waals surface area contributed by atoms with Crippen LogP contribution in [-0.2, 0) is 6.54 Å². The van der Waals surface area contributed by atoms with E-state index in [-0.39, 0.29) is 0 Å². The van der Waals surface area contributed by atoms with Crippen LogP contribution in [0.15, 0.2) is 18.2 Å². The molecule has 0 aliphatic carbocycles. The molecule has 0 N–H and O–H groups in total. The molecular weight excluding hydrogens is 309 g/mol. The fraction of sp³-hybridized carbons (Fsp3) is 0.500. The van der Waals surface area contributed by atoms with Crippen LogP contribution in [0.3, 0.4) is 0 Å². The maximum absolute atomic E-state index is 5.99. The second-order valence-electron chi connectivity index (χ2n) is 3.66. The topological polar surface area (TPSA) is 3.24 Å². The van der Waals surface area contributed by atoms with Crippen molar-refractivity contribution in [3.8, 4) is 0 Å². The van der Waals surface area contributed by atoms with Crippen molar-refractivity contribution < 1.29 is 0 Å². The molecule has 0 amide bonds.